The Hall–Kier alpha value is -2.57. The molecule has 7 heteroatoms. The van der Waals surface area contributed by atoms with Gasteiger partial charge in [-0.15, -0.1) is 0 Å². The molecule has 1 heterocycles. The third kappa shape index (κ3) is 7.71. The molecule has 0 atom stereocenters. The Morgan fingerprint density at radius 1 is 0.829 bits per heavy atom. The summed E-state index contributed by atoms with van der Waals surface area (Å²) in [7, 11) is 0. The lowest BCUT2D eigenvalue weighted by molar-refractivity contribution is -0.131. The Morgan fingerprint density at radius 3 is 2.20 bits per heavy atom. The number of nitrogens with zero attached hydrogens (tertiary/aromatic N) is 2. The van der Waals surface area contributed by atoms with E-state index in [-0.39, 0.29) is 29.7 Å². The van der Waals surface area contributed by atoms with Crippen LogP contribution in [0.25, 0.3) is 0 Å². The van der Waals surface area contributed by atoms with Gasteiger partial charge in [-0.05, 0) is 56.6 Å². The molecule has 0 unspecified atom stereocenters. The second-order valence-corrected chi connectivity index (χ2v) is 10.6. The molecule has 2 aliphatic carbocycles. The van der Waals surface area contributed by atoms with Crippen LogP contribution >= 0.6 is 0 Å². The lowest BCUT2D eigenvalue weighted by Crippen LogP contribution is -2.49. The van der Waals surface area contributed by atoms with Crippen molar-refractivity contribution in [2.24, 2.45) is 11.8 Å². The number of piperazine rings is 1. The zero-order chi connectivity index (χ0) is 24.5. The van der Waals surface area contributed by atoms with Crippen LogP contribution in [-0.4, -0.2) is 61.4 Å². The number of anilines is 1. The highest BCUT2D eigenvalue weighted by atomic mass is 16.2. The molecule has 192 valence electrons. The van der Waals surface area contributed by atoms with E-state index in [1.807, 2.05) is 23.1 Å². The molecule has 4 rings (SSSR count). The third-order valence-corrected chi connectivity index (χ3v) is 8.05. The van der Waals surface area contributed by atoms with Crippen molar-refractivity contribution in [3.05, 3.63) is 30.3 Å². The Kier molecular flexibility index (Phi) is 9.43. The van der Waals surface area contributed by atoms with Crippen LogP contribution in [-0.2, 0) is 14.4 Å². The molecule has 3 aliphatic rings. The minimum absolute atomic E-state index is 0.00832. The number of nitrogens with one attached hydrogen (secondary N) is 2. The highest BCUT2D eigenvalue weighted by Crippen LogP contribution is 2.28. The van der Waals surface area contributed by atoms with Crippen LogP contribution in [0.1, 0.15) is 70.6 Å². The molecule has 2 saturated carbocycles. The van der Waals surface area contributed by atoms with Gasteiger partial charge in [0.2, 0.25) is 17.7 Å². The molecule has 3 amide bonds. The maximum absolute atomic E-state index is 12.6. The van der Waals surface area contributed by atoms with Crippen LogP contribution in [0.5, 0.6) is 0 Å². The normalized spacial score (nSPS) is 23.5. The molecule has 0 radical (unpaired) electrons. The quantitative estimate of drug-likeness (QED) is 0.594. The number of hydrogen-bond donors (Lipinski definition) is 2. The largest absolute Gasteiger partial charge is 0.368 e. The minimum Gasteiger partial charge on any atom is -0.368 e. The molecule has 1 aliphatic heterocycles. The van der Waals surface area contributed by atoms with Gasteiger partial charge in [-0.3, -0.25) is 14.4 Å². The first-order valence-electron chi connectivity index (χ1n) is 13.7. The standard InChI is InChI=1S/C28H42N4O3/c33-26(21-22-7-3-1-4-8-22)30-24-13-11-23(12-14-24)28(35)29-16-15-27(34)32-19-17-31(18-20-32)25-9-5-2-6-10-25/h2,5-6,9-10,22-24H,1,3-4,7-8,11-21H2,(H,29,35)(H,30,33). The summed E-state index contributed by atoms with van der Waals surface area (Å²) in [5.74, 6) is 0.904. The second kappa shape index (κ2) is 12.9. The van der Waals surface area contributed by atoms with Crippen LogP contribution in [0, 0.1) is 11.8 Å². The number of hydrogen-bond acceptors (Lipinski definition) is 4. The highest BCUT2D eigenvalue weighted by Gasteiger charge is 2.28. The number of benzene rings is 1. The average molecular weight is 483 g/mol. The van der Waals surface area contributed by atoms with E-state index in [0.29, 0.717) is 25.3 Å². The van der Waals surface area contributed by atoms with Gasteiger partial charge >= 0.3 is 0 Å². The molecule has 0 aromatic heterocycles. The fourth-order valence-corrected chi connectivity index (χ4v) is 5.89. The summed E-state index contributed by atoms with van der Waals surface area (Å²) >= 11 is 0. The van der Waals surface area contributed by atoms with Crippen molar-refractivity contribution in [3.8, 4) is 0 Å². The second-order valence-electron chi connectivity index (χ2n) is 10.6. The number of carbonyl (C=O) groups is 3. The number of amides is 3. The lowest BCUT2D eigenvalue weighted by atomic mass is 9.84. The van der Waals surface area contributed by atoms with E-state index in [1.165, 1.54) is 37.8 Å². The van der Waals surface area contributed by atoms with Gasteiger partial charge in [0.1, 0.15) is 0 Å². The Bertz CT molecular complexity index is 824. The maximum Gasteiger partial charge on any atom is 0.224 e. The van der Waals surface area contributed by atoms with Gasteiger partial charge in [0.15, 0.2) is 0 Å². The van der Waals surface area contributed by atoms with Crippen LogP contribution in [0.15, 0.2) is 30.3 Å². The maximum atomic E-state index is 12.6. The predicted octanol–water partition coefficient (Wildman–Crippen LogP) is 3.49. The molecule has 1 saturated heterocycles. The Morgan fingerprint density at radius 2 is 1.51 bits per heavy atom. The number of carbonyl (C=O) groups excluding carboxylic acids is 3. The topological polar surface area (TPSA) is 81.8 Å². The smallest absolute Gasteiger partial charge is 0.224 e. The first-order chi connectivity index (χ1) is 17.1. The van der Waals surface area contributed by atoms with E-state index < -0.39 is 0 Å². The van der Waals surface area contributed by atoms with Crippen LogP contribution in [0.4, 0.5) is 5.69 Å². The summed E-state index contributed by atoms with van der Waals surface area (Å²) in [6, 6.07) is 10.5. The molecule has 1 aromatic carbocycles. The third-order valence-electron chi connectivity index (χ3n) is 8.05. The van der Waals surface area contributed by atoms with Gasteiger partial charge in [-0.2, -0.15) is 0 Å². The van der Waals surface area contributed by atoms with Gasteiger partial charge in [0, 0.05) is 63.2 Å². The van der Waals surface area contributed by atoms with Crippen molar-refractivity contribution in [1.82, 2.24) is 15.5 Å². The molecule has 2 N–H and O–H groups in total. The number of rotatable bonds is 8. The van der Waals surface area contributed by atoms with Crippen LogP contribution in [0.3, 0.4) is 0 Å². The van der Waals surface area contributed by atoms with Crippen molar-refractivity contribution in [1.29, 1.82) is 0 Å². The van der Waals surface area contributed by atoms with E-state index in [2.05, 4.69) is 27.7 Å². The van der Waals surface area contributed by atoms with Gasteiger partial charge in [-0.25, -0.2) is 0 Å². The van der Waals surface area contributed by atoms with Gasteiger partial charge in [0.25, 0.3) is 0 Å². The van der Waals surface area contributed by atoms with E-state index in [1.54, 1.807) is 0 Å². The molecule has 0 bridgehead atoms. The summed E-state index contributed by atoms with van der Waals surface area (Å²) in [5, 5.41) is 6.19. The first-order valence-corrected chi connectivity index (χ1v) is 13.7. The van der Waals surface area contributed by atoms with Crippen LogP contribution in [0.2, 0.25) is 0 Å². The summed E-state index contributed by atoms with van der Waals surface area (Å²) in [4.78, 5) is 41.8. The summed E-state index contributed by atoms with van der Waals surface area (Å²) < 4.78 is 0. The van der Waals surface area contributed by atoms with E-state index in [9.17, 15) is 14.4 Å². The van der Waals surface area contributed by atoms with Crippen molar-refractivity contribution < 1.29 is 14.4 Å². The van der Waals surface area contributed by atoms with Crippen LogP contribution < -0.4 is 15.5 Å². The predicted molar refractivity (Wildman–Crippen MR) is 138 cm³/mol. The van der Waals surface area contributed by atoms with Crippen molar-refractivity contribution in [3.63, 3.8) is 0 Å². The van der Waals surface area contributed by atoms with E-state index in [4.69, 9.17) is 0 Å². The highest BCUT2D eigenvalue weighted by molar-refractivity contribution is 5.81. The number of para-hydroxylation sites is 1. The van der Waals surface area contributed by atoms with Crippen molar-refractivity contribution >= 4 is 23.4 Å². The zero-order valence-corrected chi connectivity index (χ0v) is 21.1. The average Bonchev–Trinajstić information content (AvgIpc) is 2.90. The van der Waals surface area contributed by atoms with E-state index >= 15 is 0 Å². The molecule has 0 spiro atoms. The Labute approximate surface area is 210 Å². The molecule has 35 heavy (non-hydrogen) atoms. The molecular formula is C28H42N4O3. The fraction of sp³-hybridized carbons (Fsp3) is 0.679. The molecular weight excluding hydrogens is 440 g/mol. The fourth-order valence-electron chi connectivity index (χ4n) is 5.89. The van der Waals surface area contributed by atoms with E-state index in [0.717, 1.165) is 51.9 Å². The van der Waals surface area contributed by atoms with Crippen molar-refractivity contribution in [2.75, 3.05) is 37.6 Å². The minimum atomic E-state index is -0.00832. The van der Waals surface area contributed by atoms with Crippen molar-refractivity contribution in [2.45, 2.75) is 76.7 Å². The van der Waals surface area contributed by atoms with Gasteiger partial charge in [-0.1, -0.05) is 37.5 Å². The molecule has 7 nitrogen and oxygen atoms in total. The lowest BCUT2D eigenvalue weighted by Gasteiger charge is -2.36. The summed E-state index contributed by atoms with van der Waals surface area (Å²) in [5.41, 5.74) is 1.20. The zero-order valence-electron chi connectivity index (χ0n) is 21.1. The first kappa shape index (κ1) is 25.5. The summed E-state index contributed by atoms with van der Waals surface area (Å²) in [6.45, 7) is 3.51. The van der Waals surface area contributed by atoms with Gasteiger partial charge in [0.05, 0.1) is 0 Å². The molecule has 3 fully saturated rings. The Balaban J connectivity index is 1.08. The SMILES string of the molecule is O=C(CC1CCCCC1)NC1CCC(C(=O)NCCC(=O)N2CCN(c3ccccc3)CC2)CC1. The monoisotopic (exact) mass is 482 g/mol. The summed E-state index contributed by atoms with van der Waals surface area (Å²) in [6.07, 6.45) is 10.5. The molecule has 1 aromatic rings. The van der Waals surface area contributed by atoms with Gasteiger partial charge < -0.3 is 20.4 Å².